The van der Waals surface area contributed by atoms with Crippen molar-refractivity contribution in [3.05, 3.63) is 23.2 Å². The lowest BCUT2D eigenvalue weighted by Crippen LogP contribution is -2.60. The van der Waals surface area contributed by atoms with Crippen molar-refractivity contribution in [1.29, 1.82) is 5.26 Å². The van der Waals surface area contributed by atoms with Gasteiger partial charge in [-0.2, -0.15) is 18.4 Å². The highest BCUT2D eigenvalue weighted by molar-refractivity contribution is 7.92. The van der Waals surface area contributed by atoms with Crippen LogP contribution in [0.5, 0.6) is 5.75 Å². The molecule has 38 heavy (non-hydrogen) atoms. The second-order valence-electron chi connectivity index (χ2n) is 9.98. The number of hydrogen-bond donors (Lipinski definition) is 1. The van der Waals surface area contributed by atoms with Gasteiger partial charge in [-0.05, 0) is 44.7 Å². The van der Waals surface area contributed by atoms with E-state index in [-0.39, 0.29) is 18.6 Å². The minimum absolute atomic E-state index is 0.319. The molecule has 0 aromatic heterocycles. The molecular formula is C23H23ClF5N3O5S. The number of carbonyl (C=O) groups excluding carboxylic acids is 2. The second-order valence-corrected chi connectivity index (χ2v) is 12.6. The third-order valence-corrected chi connectivity index (χ3v) is 9.73. The Kier molecular flexibility index (Phi) is 7.10. The molecule has 3 aliphatic rings. The fraction of sp³-hybridized carbons (Fsp3) is 0.609. The van der Waals surface area contributed by atoms with Crippen molar-refractivity contribution < 1.29 is 44.7 Å². The fourth-order valence-corrected chi connectivity index (χ4v) is 7.03. The highest BCUT2D eigenvalue weighted by atomic mass is 35.5. The van der Waals surface area contributed by atoms with E-state index in [9.17, 15) is 45.2 Å². The number of likely N-dealkylation sites (tertiary alicyclic amines) is 1. The first-order valence-electron chi connectivity index (χ1n) is 11.6. The lowest BCUT2D eigenvalue weighted by molar-refractivity contribution is -0.189. The Labute approximate surface area is 220 Å². The van der Waals surface area contributed by atoms with Crippen LogP contribution in [0.4, 0.5) is 22.0 Å². The number of halogens is 6. The number of alkyl halides is 5. The first kappa shape index (κ1) is 28.4. The molecule has 4 atom stereocenters. The van der Waals surface area contributed by atoms with Crippen LogP contribution in [-0.4, -0.2) is 67.2 Å². The number of rotatable bonds is 7. The van der Waals surface area contributed by atoms with Crippen LogP contribution in [0.1, 0.15) is 32.6 Å². The second kappa shape index (κ2) is 9.51. The minimum atomic E-state index is -4.66. The topological polar surface area (TPSA) is 117 Å². The molecule has 1 saturated heterocycles. The number of nitrogens with zero attached hydrogens (tertiary/aromatic N) is 2. The number of nitrogens with one attached hydrogen (secondary N) is 1. The summed E-state index contributed by atoms with van der Waals surface area (Å²) in [7, 11) is -4.32. The first-order valence-corrected chi connectivity index (χ1v) is 13.6. The summed E-state index contributed by atoms with van der Waals surface area (Å²) in [6, 6.07) is 4.87. The summed E-state index contributed by atoms with van der Waals surface area (Å²) in [6.45, 7) is -0.925. The molecule has 2 saturated carbocycles. The van der Waals surface area contributed by atoms with Crippen LogP contribution < -0.4 is 10.1 Å². The van der Waals surface area contributed by atoms with Gasteiger partial charge in [0.1, 0.15) is 11.3 Å². The Balaban J connectivity index is 1.57. The van der Waals surface area contributed by atoms with Gasteiger partial charge in [-0.25, -0.2) is 17.2 Å². The maximum Gasteiger partial charge on any atom is 0.425 e. The van der Waals surface area contributed by atoms with Gasteiger partial charge in [0.2, 0.25) is 11.8 Å². The smallest absolute Gasteiger partial charge is 0.425 e. The predicted octanol–water partition coefficient (Wildman–Crippen LogP) is 3.49. The minimum Gasteiger partial charge on any atom is -0.481 e. The Hall–Kier alpha value is -2.66. The average Bonchev–Trinajstić information content (AvgIpc) is 3.41. The molecule has 1 heterocycles. The largest absolute Gasteiger partial charge is 0.481 e. The molecule has 1 aromatic carbocycles. The van der Waals surface area contributed by atoms with Crippen LogP contribution in [-0.2, 0) is 19.4 Å². The van der Waals surface area contributed by atoms with Gasteiger partial charge in [-0.1, -0.05) is 11.6 Å². The Morgan fingerprint density at radius 3 is 2.32 bits per heavy atom. The van der Waals surface area contributed by atoms with Gasteiger partial charge in [0.25, 0.3) is 5.92 Å². The van der Waals surface area contributed by atoms with E-state index in [1.807, 2.05) is 6.07 Å². The van der Waals surface area contributed by atoms with E-state index in [0.717, 1.165) is 30.0 Å². The van der Waals surface area contributed by atoms with E-state index >= 15 is 0 Å². The summed E-state index contributed by atoms with van der Waals surface area (Å²) in [5, 5.41) is 10.1. The van der Waals surface area contributed by atoms with Crippen LogP contribution in [0.2, 0.25) is 5.02 Å². The zero-order valence-corrected chi connectivity index (χ0v) is 21.5. The van der Waals surface area contributed by atoms with Crippen LogP contribution in [0.15, 0.2) is 23.1 Å². The van der Waals surface area contributed by atoms with E-state index in [1.54, 1.807) is 0 Å². The van der Waals surface area contributed by atoms with E-state index < -0.39 is 85.5 Å². The SMILES string of the molecule is CC(Oc1ccc(S(=O)(=O)C2CC(C(=O)NC3(C#N)CC3)C(C(=O)N3CC(F)(F)C3)C2)c(Cl)c1)C(F)(F)F. The zero-order valence-electron chi connectivity index (χ0n) is 19.9. The standard InChI is InChI=1S/C23H23ClF5N3O5S/c1-12(23(27,28)29)37-13-2-3-18(17(24)6-13)38(35,36)14-7-15(19(33)31-21(9-30)4-5-21)16(8-14)20(34)32-10-22(25,26)11-32/h2-3,6,12,14-16H,4-5,7-8,10-11H2,1H3,(H,31,33). The molecule has 8 nitrogen and oxygen atoms in total. The van der Waals surface area contributed by atoms with Crippen LogP contribution in [0.3, 0.4) is 0 Å². The molecule has 4 unspecified atom stereocenters. The van der Waals surface area contributed by atoms with Crippen LogP contribution in [0, 0.1) is 23.2 Å². The van der Waals surface area contributed by atoms with Crippen molar-refractivity contribution in [2.24, 2.45) is 11.8 Å². The maximum atomic E-state index is 13.5. The van der Waals surface area contributed by atoms with Crippen LogP contribution in [0.25, 0.3) is 0 Å². The lowest BCUT2D eigenvalue weighted by atomic mass is 9.92. The number of hydrogen-bond acceptors (Lipinski definition) is 6. The lowest BCUT2D eigenvalue weighted by Gasteiger charge is -2.40. The van der Waals surface area contributed by atoms with Crippen molar-refractivity contribution >= 4 is 33.3 Å². The van der Waals surface area contributed by atoms with Crippen LogP contribution >= 0.6 is 11.6 Å². The van der Waals surface area contributed by atoms with Crippen molar-refractivity contribution in [2.45, 2.75) is 66.5 Å². The van der Waals surface area contributed by atoms with Gasteiger partial charge in [0, 0.05) is 6.07 Å². The molecular weight excluding hydrogens is 561 g/mol. The van der Waals surface area contributed by atoms with E-state index in [4.69, 9.17) is 16.3 Å². The number of ether oxygens (including phenoxy) is 1. The number of benzene rings is 1. The molecule has 0 bridgehead atoms. The van der Waals surface area contributed by atoms with Crippen molar-refractivity contribution in [1.82, 2.24) is 10.2 Å². The van der Waals surface area contributed by atoms with Gasteiger partial charge in [-0.3, -0.25) is 9.59 Å². The molecule has 1 aromatic rings. The summed E-state index contributed by atoms with van der Waals surface area (Å²) < 4.78 is 96.9. The zero-order chi connectivity index (χ0) is 28.3. The summed E-state index contributed by atoms with van der Waals surface area (Å²) >= 11 is 6.10. The van der Waals surface area contributed by atoms with Crippen molar-refractivity contribution in [3.63, 3.8) is 0 Å². The molecule has 4 rings (SSSR count). The van der Waals surface area contributed by atoms with Gasteiger partial charge < -0.3 is 15.0 Å². The van der Waals surface area contributed by atoms with Crippen molar-refractivity contribution in [3.8, 4) is 11.8 Å². The average molecular weight is 584 g/mol. The summed E-state index contributed by atoms with van der Waals surface area (Å²) in [6.07, 6.45) is -6.77. The Morgan fingerprint density at radius 2 is 1.82 bits per heavy atom. The van der Waals surface area contributed by atoms with Gasteiger partial charge in [0.15, 0.2) is 15.9 Å². The van der Waals surface area contributed by atoms with E-state index in [0.29, 0.717) is 12.8 Å². The van der Waals surface area contributed by atoms with Gasteiger partial charge in [-0.15, -0.1) is 0 Å². The quantitative estimate of drug-likeness (QED) is 0.491. The highest BCUT2D eigenvalue weighted by Gasteiger charge is 2.55. The third kappa shape index (κ3) is 5.54. The van der Waals surface area contributed by atoms with E-state index in [1.165, 1.54) is 0 Å². The highest BCUT2D eigenvalue weighted by Crippen LogP contribution is 2.44. The normalized spacial score (nSPS) is 26.6. The predicted molar refractivity (Wildman–Crippen MR) is 122 cm³/mol. The molecule has 15 heteroatoms. The van der Waals surface area contributed by atoms with E-state index in [2.05, 4.69) is 5.32 Å². The fourth-order valence-electron chi connectivity index (χ4n) is 4.66. The summed E-state index contributed by atoms with van der Waals surface area (Å²) in [4.78, 5) is 26.5. The molecule has 2 aliphatic carbocycles. The number of nitriles is 1. The molecule has 0 spiro atoms. The molecule has 0 radical (unpaired) electrons. The number of amides is 2. The number of carbonyl (C=O) groups is 2. The molecule has 1 aliphatic heterocycles. The molecule has 3 fully saturated rings. The molecule has 208 valence electrons. The Bertz CT molecular complexity index is 1290. The first-order chi connectivity index (χ1) is 17.5. The molecule has 2 amide bonds. The Morgan fingerprint density at radius 1 is 1.21 bits per heavy atom. The van der Waals surface area contributed by atoms with Gasteiger partial charge >= 0.3 is 6.18 Å². The summed E-state index contributed by atoms with van der Waals surface area (Å²) in [5.74, 6) is -7.32. The number of sulfone groups is 1. The third-order valence-electron chi connectivity index (χ3n) is 7.08. The monoisotopic (exact) mass is 583 g/mol. The van der Waals surface area contributed by atoms with Gasteiger partial charge in [0.05, 0.1) is 46.2 Å². The summed E-state index contributed by atoms with van der Waals surface area (Å²) in [5.41, 5.74) is -1.10. The van der Waals surface area contributed by atoms with Crippen molar-refractivity contribution in [2.75, 3.05) is 13.1 Å². The maximum absolute atomic E-state index is 13.5. The molecule has 1 N–H and O–H groups in total.